The molecule has 2 unspecified atom stereocenters. The van der Waals surface area contributed by atoms with Crippen LogP contribution in [0.1, 0.15) is 64.0 Å². The number of piperidine rings is 1. The van der Waals surface area contributed by atoms with Crippen LogP contribution < -0.4 is 5.73 Å². The molecule has 0 aliphatic carbocycles. The Labute approximate surface area is 168 Å². The van der Waals surface area contributed by atoms with Gasteiger partial charge in [0.1, 0.15) is 8.07 Å². The Balaban J connectivity index is 2.06. The highest BCUT2D eigenvalue weighted by atomic mass is 28.3. The molecule has 1 heterocycles. The summed E-state index contributed by atoms with van der Waals surface area (Å²) >= 11 is 0. The summed E-state index contributed by atoms with van der Waals surface area (Å²) in [5.74, 6) is 3.96. The van der Waals surface area contributed by atoms with Gasteiger partial charge in [-0.05, 0) is 55.0 Å². The van der Waals surface area contributed by atoms with E-state index in [1.54, 1.807) is 0 Å². The van der Waals surface area contributed by atoms with Gasteiger partial charge in [0.25, 0.3) is 0 Å². The maximum atomic E-state index is 6.39. The van der Waals surface area contributed by atoms with E-state index >= 15 is 0 Å². The fraction of sp³-hybridized carbons (Fsp3) is 0.667. The molecule has 0 aromatic heterocycles. The zero-order valence-corrected chi connectivity index (χ0v) is 19.5. The number of hydrogen-bond donors (Lipinski definition) is 1. The Kier molecular flexibility index (Phi) is 7.60. The van der Waals surface area contributed by atoms with Gasteiger partial charge in [0.15, 0.2) is 0 Å². The lowest BCUT2D eigenvalue weighted by Gasteiger charge is -2.45. The highest BCUT2D eigenvalue weighted by molar-refractivity contribution is 6.83. The number of nitrogen functional groups attached to an aromatic ring is 1. The van der Waals surface area contributed by atoms with Crippen LogP contribution >= 0.6 is 0 Å². The molecule has 1 aliphatic heterocycles. The number of nitrogens with two attached hydrogens (primary N) is 1. The van der Waals surface area contributed by atoms with Crippen molar-refractivity contribution in [2.75, 3.05) is 25.4 Å². The molecule has 2 rings (SSSR count). The van der Waals surface area contributed by atoms with Crippen LogP contribution in [-0.4, -0.2) is 32.6 Å². The van der Waals surface area contributed by atoms with Gasteiger partial charge in [0, 0.05) is 17.8 Å². The van der Waals surface area contributed by atoms with Crippen LogP contribution in [0.25, 0.3) is 0 Å². The van der Waals surface area contributed by atoms with Crippen molar-refractivity contribution >= 4 is 13.8 Å². The third-order valence-electron chi connectivity index (χ3n) is 6.18. The largest absolute Gasteiger partial charge is 0.398 e. The summed E-state index contributed by atoms with van der Waals surface area (Å²) in [7, 11) is -1.38. The van der Waals surface area contributed by atoms with E-state index in [-0.39, 0.29) is 5.41 Å². The Morgan fingerprint density at radius 1 is 1.22 bits per heavy atom. The number of nitrogens with zero attached hydrogens (tertiary/aromatic N) is 1. The molecule has 2 N–H and O–H groups in total. The normalized spacial score (nSPS) is 23.7. The van der Waals surface area contributed by atoms with Crippen LogP contribution in [0, 0.1) is 17.4 Å². The lowest BCUT2D eigenvalue weighted by molar-refractivity contribution is 0.109. The first kappa shape index (κ1) is 22.1. The van der Waals surface area contributed by atoms with Gasteiger partial charge in [-0.2, -0.15) is 0 Å². The van der Waals surface area contributed by atoms with Crippen LogP contribution in [0.5, 0.6) is 0 Å². The summed E-state index contributed by atoms with van der Waals surface area (Å²) in [5.41, 5.74) is 13.2. The molecule has 0 bridgehead atoms. The first-order chi connectivity index (χ1) is 12.7. The Morgan fingerprint density at radius 2 is 1.96 bits per heavy atom. The molecule has 0 amide bonds. The van der Waals surface area contributed by atoms with Gasteiger partial charge in [-0.15, -0.1) is 5.54 Å². The lowest BCUT2D eigenvalue weighted by atomic mass is 9.68. The average Bonchev–Trinajstić information content (AvgIpc) is 2.60. The minimum atomic E-state index is -1.38. The van der Waals surface area contributed by atoms with E-state index in [1.165, 1.54) is 57.3 Å². The molecule has 27 heavy (non-hydrogen) atoms. The standard InChI is InChI=1S/C24H40N2Si/c1-7-8-9-10-15-26-16-14-24(3,20(2)19-26)22-12-11-21(23(25)18-22)13-17-27(4,5)6/h11-12,18,20H,7-10,14-16,19,25H2,1-6H3. The van der Waals surface area contributed by atoms with Crippen LogP contribution in [0.4, 0.5) is 5.69 Å². The Morgan fingerprint density at radius 3 is 2.56 bits per heavy atom. The van der Waals surface area contributed by atoms with Crippen molar-refractivity contribution in [1.82, 2.24) is 4.90 Å². The van der Waals surface area contributed by atoms with Crippen molar-refractivity contribution in [1.29, 1.82) is 0 Å². The summed E-state index contributed by atoms with van der Waals surface area (Å²) in [6, 6.07) is 6.62. The summed E-state index contributed by atoms with van der Waals surface area (Å²) in [6.45, 7) is 17.6. The first-order valence-electron chi connectivity index (χ1n) is 10.8. The second kappa shape index (κ2) is 9.30. The molecule has 0 saturated carbocycles. The minimum Gasteiger partial charge on any atom is -0.398 e. The highest BCUT2D eigenvalue weighted by Gasteiger charge is 2.37. The Hall–Kier alpha value is -1.24. The number of anilines is 1. The fourth-order valence-electron chi connectivity index (χ4n) is 4.00. The van der Waals surface area contributed by atoms with E-state index in [1.807, 2.05) is 0 Å². The predicted molar refractivity (Wildman–Crippen MR) is 123 cm³/mol. The summed E-state index contributed by atoms with van der Waals surface area (Å²) in [4.78, 5) is 2.67. The zero-order valence-electron chi connectivity index (χ0n) is 18.5. The smallest absolute Gasteiger partial charge is 0.129 e. The van der Waals surface area contributed by atoms with E-state index in [9.17, 15) is 0 Å². The second-order valence-electron chi connectivity index (χ2n) is 9.73. The average molecular weight is 385 g/mol. The number of hydrogen-bond acceptors (Lipinski definition) is 2. The summed E-state index contributed by atoms with van der Waals surface area (Å²) < 4.78 is 0. The molecule has 1 fully saturated rings. The van der Waals surface area contributed by atoms with Gasteiger partial charge >= 0.3 is 0 Å². The molecule has 1 aliphatic rings. The maximum absolute atomic E-state index is 6.39. The van der Waals surface area contributed by atoms with Crippen molar-refractivity contribution in [2.24, 2.45) is 5.92 Å². The highest BCUT2D eigenvalue weighted by Crippen LogP contribution is 2.40. The minimum absolute atomic E-state index is 0.207. The number of likely N-dealkylation sites (tertiary alicyclic amines) is 1. The molecule has 0 spiro atoms. The van der Waals surface area contributed by atoms with Crippen molar-refractivity contribution in [3.05, 3.63) is 29.3 Å². The van der Waals surface area contributed by atoms with Crippen LogP contribution in [0.2, 0.25) is 19.6 Å². The van der Waals surface area contributed by atoms with Gasteiger partial charge in [0.05, 0.1) is 0 Å². The van der Waals surface area contributed by atoms with E-state index in [4.69, 9.17) is 5.73 Å². The number of benzene rings is 1. The van der Waals surface area contributed by atoms with Crippen molar-refractivity contribution in [3.63, 3.8) is 0 Å². The van der Waals surface area contributed by atoms with Gasteiger partial charge in [-0.1, -0.05) is 71.7 Å². The van der Waals surface area contributed by atoms with E-state index in [2.05, 4.69) is 75.0 Å². The molecule has 1 saturated heterocycles. The number of rotatable bonds is 6. The third kappa shape index (κ3) is 6.12. The van der Waals surface area contributed by atoms with E-state index in [0.717, 1.165) is 11.3 Å². The third-order valence-corrected chi connectivity index (χ3v) is 7.05. The molecule has 1 aromatic rings. The number of unbranched alkanes of at least 4 members (excludes halogenated alkanes) is 3. The predicted octanol–water partition coefficient (Wildman–Crippen LogP) is 5.68. The molecule has 3 heteroatoms. The molecule has 0 radical (unpaired) electrons. The zero-order chi connectivity index (χ0) is 20.1. The quantitative estimate of drug-likeness (QED) is 0.296. The molecule has 2 atom stereocenters. The lowest BCUT2D eigenvalue weighted by Crippen LogP contribution is -2.47. The summed E-state index contributed by atoms with van der Waals surface area (Å²) in [5, 5.41) is 0. The summed E-state index contributed by atoms with van der Waals surface area (Å²) in [6.07, 6.45) is 6.60. The molecular weight excluding hydrogens is 344 g/mol. The van der Waals surface area contributed by atoms with Crippen molar-refractivity contribution in [3.8, 4) is 11.5 Å². The maximum Gasteiger partial charge on any atom is 0.129 e. The van der Waals surface area contributed by atoms with Gasteiger partial charge in [0.2, 0.25) is 0 Å². The van der Waals surface area contributed by atoms with Crippen LogP contribution in [0.15, 0.2) is 18.2 Å². The van der Waals surface area contributed by atoms with E-state index < -0.39 is 8.07 Å². The van der Waals surface area contributed by atoms with Crippen molar-refractivity contribution in [2.45, 2.75) is 77.9 Å². The van der Waals surface area contributed by atoms with Gasteiger partial charge < -0.3 is 10.6 Å². The topological polar surface area (TPSA) is 29.3 Å². The second-order valence-corrected chi connectivity index (χ2v) is 14.5. The van der Waals surface area contributed by atoms with Crippen LogP contribution in [0.3, 0.4) is 0 Å². The van der Waals surface area contributed by atoms with Gasteiger partial charge in [-0.3, -0.25) is 0 Å². The Bertz CT molecular complexity index is 680. The monoisotopic (exact) mass is 384 g/mol. The molecule has 2 nitrogen and oxygen atoms in total. The van der Waals surface area contributed by atoms with Gasteiger partial charge in [-0.25, -0.2) is 0 Å². The molecule has 150 valence electrons. The first-order valence-corrected chi connectivity index (χ1v) is 14.3. The van der Waals surface area contributed by atoms with E-state index in [0.29, 0.717) is 5.92 Å². The molecular formula is C24H40N2Si. The SMILES string of the molecule is CCCCCCN1CCC(C)(c2ccc(C#C[Si](C)(C)C)c(N)c2)C(C)C1. The van der Waals surface area contributed by atoms with Crippen molar-refractivity contribution < 1.29 is 0 Å². The molecule has 1 aromatic carbocycles. The van der Waals surface area contributed by atoms with Crippen LogP contribution in [-0.2, 0) is 5.41 Å². The fourth-order valence-corrected chi connectivity index (χ4v) is 4.51.